The van der Waals surface area contributed by atoms with Crippen molar-refractivity contribution < 1.29 is 0 Å². The molecule has 0 bridgehead atoms. The molecule has 3 rings (SSSR count). The van der Waals surface area contributed by atoms with Crippen molar-refractivity contribution in [1.29, 1.82) is 5.26 Å². The zero-order chi connectivity index (χ0) is 12.4. The number of nitriles is 1. The number of anilines is 1. The Kier molecular flexibility index (Phi) is 2.83. The maximum Gasteiger partial charge on any atom is 0.141 e. The van der Waals surface area contributed by atoms with Gasteiger partial charge in [0.2, 0.25) is 0 Å². The lowest BCUT2D eigenvalue weighted by molar-refractivity contribution is 0.590. The molecule has 2 heterocycles. The highest BCUT2D eigenvalue weighted by Crippen LogP contribution is 2.26. The van der Waals surface area contributed by atoms with Gasteiger partial charge in [-0.25, -0.2) is 4.98 Å². The molecule has 90 valence electrons. The molecule has 0 saturated carbocycles. The van der Waals surface area contributed by atoms with Gasteiger partial charge < -0.3 is 10.2 Å². The van der Waals surface area contributed by atoms with Crippen molar-refractivity contribution in [3.63, 3.8) is 0 Å². The first-order valence-corrected chi connectivity index (χ1v) is 6.14. The zero-order valence-corrected chi connectivity index (χ0v) is 10.1. The molecule has 0 amide bonds. The van der Waals surface area contributed by atoms with E-state index in [1.165, 1.54) is 5.69 Å². The van der Waals surface area contributed by atoms with Crippen molar-refractivity contribution in [3.05, 3.63) is 36.0 Å². The molecule has 4 heteroatoms. The molecule has 1 aromatic carbocycles. The van der Waals surface area contributed by atoms with Crippen LogP contribution in [0.1, 0.15) is 5.69 Å². The van der Waals surface area contributed by atoms with E-state index >= 15 is 0 Å². The van der Waals surface area contributed by atoms with Crippen molar-refractivity contribution in [3.8, 4) is 6.07 Å². The normalized spacial score (nSPS) is 15.6. The predicted molar refractivity (Wildman–Crippen MR) is 71.5 cm³/mol. The third kappa shape index (κ3) is 1.89. The van der Waals surface area contributed by atoms with Gasteiger partial charge in [-0.15, -0.1) is 0 Å². The van der Waals surface area contributed by atoms with Gasteiger partial charge in [0.25, 0.3) is 0 Å². The van der Waals surface area contributed by atoms with Gasteiger partial charge in [0.15, 0.2) is 0 Å². The number of nitrogens with one attached hydrogen (secondary N) is 1. The van der Waals surface area contributed by atoms with Crippen LogP contribution in [0.4, 0.5) is 5.69 Å². The highest BCUT2D eigenvalue weighted by atomic mass is 15.2. The Balaban J connectivity index is 2.09. The first-order chi connectivity index (χ1) is 8.88. The maximum absolute atomic E-state index is 8.88. The molecule has 2 aromatic rings. The van der Waals surface area contributed by atoms with E-state index in [-0.39, 0.29) is 0 Å². The average molecular weight is 238 g/mol. The topological polar surface area (TPSA) is 52.0 Å². The summed E-state index contributed by atoms with van der Waals surface area (Å²) in [6.07, 6.45) is 0. The van der Waals surface area contributed by atoms with Crippen LogP contribution in [0, 0.1) is 11.3 Å². The van der Waals surface area contributed by atoms with Crippen molar-refractivity contribution in [2.24, 2.45) is 0 Å². The molecule has 0 spiro atoms. The summed E-state index contributed by atoms with van der Waals surface area (Å²) in [6, 6.07) is 12.0. The molecule has 0 unspecified atom stereocenters. The second-order valence-corrected chi connectivity index (χ2v) is 4.39. The Labute approximate surface area is 106 Å². The maximum atomic E-state index is 8.88. The molecule has 0 atom stereocenters. The summed E-state index contributed by atoms with van der Waals surface area (Å²) in [5, 5.41) is 13.4. The van der Waals surface area contributed by atoms with Gasteiger partial charge in [-0.1, -0.05) is 6.07 Å². The molecule has 1 fully saturated rings. The Morgan fingerprint density at radius 1 is 1.17 bits per heavy atom. The van der Waals surface area contributed by atoms with Crippen molar-refractivity contribution in [2.45, 2.75) is 0 Å². The standard InChI is InChI=1S/C14H14N4/c15-10-11-4-5-12-13(17-11)2-1-3-14(12)18-8-6-16-7-9-18/h1-5,16H,6-9H2. The number of hydrogen-bond donors (Lipinski definition) is 1. The number of nitrogens with zero attached hydrogens (tertiary/aromatic N) is 3. The van der Waals surface area contributed by atoms with Crippen LogP contribution in [-0.4, -0.2) is 31.2 Å². The summed E-state index contributed by atoms with van der Waals surface area (Å²) in [7, 11) is 0. The third-order valence-electron chi connectivity index (χ3n) is 3.28. The second-order valence-electron chi connectivity index (χ2n) is 4.39. The van der Waals surface area contributed by atoms with Gasteiger partial charge in [-0.05, 0) is 24.3 Å². The van der Waals surface area contributed by atoms with E-state index in [0.717, 1.165) is 37.1 Å². The molecular weight excluding hydrogens is 224 g/mol. The Morgan fingerprint density at radius 2 is 2.00 bits per heavy atom. The van der Waals surface area contributed by atoms with Crippen LogP contribution in [0.3, 0.4) is 0 Å². The van der Waals surface area contributed by atoms with Gasteiger partial charge >= 0.3 is 0 Å². The SMILES string of the molecule is N#Cc1ccc2c(N3CCNCC3)cccc2n1. The zero-order valence-electron chi connectivity index (χ0n) is 10.1. The van der Waals surface area contributed by atoms with Crippen LogP contribution in [0.25, 0.3) is 10.9 Å². The summed E-state index contributed by atoms with van der Waals surface area (Å²) < 4.78 is 0. The quantitative estimate of drug-likeness (QED) is 0.818. The summed E-state index contributed by atoms with van der Waals surface area (Å²) in [5.41, 5.74) is 2.58. The minimum Gasteiger partial charge on any atom is -0.368 e. The molecule has 0 radical (unpaired) electrons. The van der Waals surface area contributed by atoms with E-state index in [1.807, 2.05) is 18.2 Å². The summed E-state index contributed by atoms with van der Waals surface area (Å²) in [5.74, 6) is 0. The predicted octanol–water partition coefficient (Wildman–Crippen LogP) is 1.52. The van der Waals surface area contributed by atoms with E-state index in [0.29, 0.717) is 5.69 Å². The number of aromatic nitrogens is 1. The Morgan fingerprint density at radius 3 is 2.78 bits per heavy atom. The Hall–Kier alpha value is -2.12. The summed E-state index contributed by atoms with van der Waals surface area (Å²) in [4.78, 5) is 6.71. The van der Waals surface area contributed by atoms with Crippen LogP contribution < -0.4 is 10.2 Å². The van der Waals surface area contributed by atoms with Gasteiger partial charge in [0.1, 0.15) is 11.8 Å². The fraction of sp³-hybridized carbons (Fsp3) is 0.286. The first-order valence-electron chi connectivity index (χ1n) is 6.14. The average Bonchev–Trinajstić information content (AvgIpc) is 2.47. The van der Waals surface area contributed by atoms with Crippen LogP contribution in [-0.2, 0) is 0 Å². The molecular formula is C14H14N4. The monoisotopic (exact) mass is 238 g/mol. The fourth-order valence-electron chi connectivity index (χ4n) is 2.38. The molecule has 1 aliphatic rings. The minimum absolute atomic E-state index is 0.472. The van der Waals surface area contributed by atoms with E-state index in [1.54, 1.807) is 6.07 Å². The smallest absolute Gasteiger partial charge is 0.141 e. The lowest BCUT2D eigenvalue weighted by Gasteiger charge is -2.30. The summed E-state index contributed by atoms with van der Waals surface area (Å²) in [6.45, 7) is 4.05. The van der Waals surface area contributed by atoms with E-state index in [9.17, 15) is 0 Å². The second kappa shape index (κ2) is 4.63. The molecule has 1 aromatic heterocycles. The number of rotatable bonds is 1. The minimum atomic E-state index is 0.472. The molecule has 1 aliphatic heterocycles. The van der Waals surface area contributed by atoms with E-state index < -0.39 is 0 Å². The van der Waals surface area contributed by atoms with Gasteiger partial charge in [-0.3, -0.25) is 0 Å². The van der Waals surface area contributed by atoms with E-state index in [2.05, 4.69) is 27.3 Å². The first kappa shape index (κ1) is 11.0. The summed E-state index contributed by atoms with van der Waals surface area (Å²) >= 11 is 0. The van der Waals surface area contributed by atoms with Crippen LogP contribution >= 0.6 is 0 Å². The lowest BCUT2D eigenvalue weighted by Crippen LogP contribution is -2.43. The van der Waals surface area contributed by atoms with Gasteiger partial charge in [-0.2, -0.15) is 5.26 Å². The molecule has 1 N–H and O–H groups in total. The Bertz CT molecular complexity index is 609. The number of piperazine rings is 1. The highest BCUT2D eigenvalue weighted by molar-refractivity contribution is 5.92. The van der Waals surface area contributed by atoms with Crippen LogP contribution in [0.5, 0.6) is 0 Å². The number of fused-ring (bicyclic) bond motifs is 1. The number of hydrogen-bond acceptors (Lipinski definition) is 4. The number of benzene rings is 1. The van der Waals surface area contributed by atoms with Crippen molar-refractivity contribution in [2.75, 3.05) is 31.1 Å². The van der Waals surface area contributed by atoms with Crippen LogP contribution in [0.2, 0.25) is 0 Å². The van der Waals surface area contributed by atoms with Crippen LogP contribution in [0.15, 0.2) is 30.3 Å². The van der Waals surface area contributed by atoms with E-state index in [4.69, 9.17) is 5.26 Å². The highest BCUT2D eigenvalue weighted by Gasteiger charge is 2.13. The van der Waals surface area contributed by atoms with Crippen molar-refractivity contribution in [1.82, 2.24) is 10.3 Å². The third-order valence-corrected chi connectivity index (χ3v) is 3.28. The largest absolute Gasteiger partial charge is 0.368 e. The molecule has 0 aliphatic carbocycles. The van der Waals surface area contributed by atoms with Gasteiger partial charge in [0.05, 0.1) is 5.52 Å². The van der Waals surface area contributed by atoms with Crippen molar-refractivity contribution >= 4 is 16.6 Å². The molecule has 18 heavy (non-hydrogen) atoms. The molecule has 1 saturated heterocycles. The fourth-order valence-corrected chi connectivity index (χ4v) is 2.38. The van der Waals surface area contributed by atoms with Gasteiger partial charge in [0, 0.05) is 37.3 Å². The molecule has 4 nitrogen and oxygen atoms in total. The lowest BCUT2D eigenvalue weighted by atomic mass is 10.1. The number of pyridine rings is 1.